The van der Waals surface area contributed by atoms with Crippen molar-refractivity contribution < 1.29 is 4.74 Å². The van der Waals surface area contributed by atoms with E-state index in [-0.39, 0.29) is 0 Å². The van der Waals surface area contributed by atoms with Crippen LogP contribution in [0, 0.1) is 17.2 Å². The van der Waals surface area contributed by atoms with E-state index < -0.39 is 5.54 Å². The van der Waals surface area contributed by atoms with Crippen LogP contribution in [0.3, 0.4) is 0 Å². The highest BCUT2D eigenvalue weighted by atomic mass is 16.5. The minimum Gasteiger partial charge on any atom is -0.491 e. The molecule has 1 fully saturated rings. The zero-order valence-corrected chi connectivity index (χ0v) is 13.4. The van der Waals surface area contributed by atoms with Gasteiger partial charge in [-0.25, -0.2) is 0 Å². The molecule has 0 amide bonds. The molecule has 3 heteroatoms. The first-order valence-electron chi connectivity index (χ1n) is 8.00. The van der Waals surface area contributed by atoms with Gasteiger partial charge in [-0.1, -0.05) is 32.9 Å². The maximum Gasteiger partial charge on any atom is 0.143 e. The predicted molar refractivity (Wildman–Crippen MR) is 85.4 cm³/mol. The van der Waals surface area contributed by atoms with Gasteiger partial charge in [0.25, 0.3) is 0 Å². The van der Waals surface area contributed by atoms with Crippen molar-refractivity contribution in [1.29, 1.82) is 5.26 Å². The first kappa shape index (κ1) is 15.9. The van der Waals surface area contributed by atoms with E-state index in [4.69, 9.17) is 4.74 Å². The smallest absolute Gasteiger partial charge is 0.143 e. The number of nitriles is 1. The first-order valence-corrected chi connectivity index (χ1v) is 8.00. The van der Waals surface area contributed by atoms with Gasteiger partial charge >= 0.3 is 0 Å². The summed E-state index contributed by atoms with van der Waals surface area (Å²) in [6.07, 6.45) is 3.28. The fourth-order valence-electron chi connectivity index (χ4n) is 2.55. The molecule has 1 atom stereocenters. The summed E-state index contributed by atoms with van der Waals surface area (Å²) >= 11 is 0. The number of benzene rings is 1. The average Bonchev–Trinajstić information content (AvgIpc) is 3.33. The molecule has 1 saturated carbocycles. The quantitative estimate of drug-likeness (QED) is 0.789. The van der Waals surface area contributed by atoms with Crippen LogP contribution in [0.5, 0.6) is 5.75 Å². The number of hydrogen-bond donors (Lipinski definition) is 1. The third-order valence-electron chi connectivity index (χ3n) is 4.18. The molecule has 1 aromatic rings. The predicted octanol–water partition coefficient (Wildman–Crippen LogP) is 3.86. The summed E-state index contributed by atoms with van der Waals surface area (Å²) in [5, 5.41) is 13.0. The van der Waals surface area contributed by atoms with Crippen molar-refractivity contribution >= 4 is 0 Å². The van der Waals surface area contributed by atoms with Gasteiger partial charge in [0, 0.05) is 0 Å². The maximum atomic E-state index is 9.62. The molecule has 2 rings (SSSR count). The second-order valence-corrected chi connectivity index (χ2v) is 6.30. The van der Waals surface area contributed by atoms with Gasteiger partial charge in [-0.3, -0.25) is 5.32 Å². The lowest BCUT2D eigenvalue weighted by Crippen LogP contribution is -2.51. The molecule has 0 saturated heterocycles. The fourth-order valence-corrected chi connectivity index (χ4v) is 2.55. The first-order chi connectivity index (χ1) is 10.1. The Morgan fingerprint density at radius 2 is 2.00 bits per heavy atom. The Balaban J connectivity index is 1.99. The third kappa shape index (κ3) is 3.98. The molecule has 1 aromatic carbocycles. The molecular formula is C18H26N2O. The molecule has 0 radical (unpaired) electrons. The highest BCUT2D eigenvalue weighted by Gasteiger charge is 2.46. The average molecular weight is 286 g/mol. The standard InChI is InChI=1S/C18H26N2O/c1-4-11-20-18(12-19,16-7-8-16)13-21-17-9-5-15(6-10-17)14(2)3/h5-6,9-10,14,16,20H,4,7-8,11,13H2,1-3H3. The minimum atomic E-state index is -0.521. The Morgan fingerprint density at radius 1 is 1.33 bits per heavy atom. The van der Waals surface area contributed by atoms with E-state index in [1.807, 2.05) is 12.1 Å². The molecule has 3 nitrogen and oxygen atoms in total. The molecule has 0 heterocycles. The molecule has 114 valence electrons. The monoisotopic (exact) mass is 286 g/mol. The van der Waals surface area contributed by atoms with Crippen molar-refractivity contribution in [2.45, 2.75) is 51.5 Å². The molecule has 21 heavy (non-hydrogen) atoms. The van der Waals surface area contributed by atoms with Crippen molar-refractivity contribution in [1.82, 2.24) is 5.32 Å². The molecule has 0 spiro atoms. The van der Waals surface area contributed by atoms with E-state index in [9.17, 15) is 5.26 Å². The third-order valence-corrected chi connectivity index (χ3v) is 4.18. The number of nitrogens with one attached hydrogen (secondary N) is 1. The Labute approximate surface area is 128 Å². The van der Waals surface area contributed by atoms with E-state index in [0.717, 1.165) is 31.6 Å². The molecule has 1 N–H and O–H groups in total. The van der Waals surface area contributed by atoms with Crippen LogP contribution in [0.4, 0.5) is 0 Å². The normalized spacial score (nSPS) is 17.3. The van der Waals surface area contributed by atoms with E-state index in [2.05, 4.69) is 44.3 Å². The minimum absolute atomic E-state index is 0.426. The van der Waals surface area contributed by atoms with Crippen molar-refractivity contribution in [2.24, 2.45) is 5.92 Å². The summed E-state index contributed by atoms with van der Waals surface area (Å²) in [5.74, 6) is 1.80. The zero-order valence-electron chi connectivity index (χ0n) is 13.4. The van der Waals surface area contributed by atoms with Crippen LogP contribution >= 0.6 is 0 Å². The van der Waals surface area contributed by atoms with Crippen LogP contribution in [0.15, 0.2) is 24.3 Å². The van der Waals surface area contributed by atoms with E-state index in [0.29, 0.717) is 18.4 Å². The second-order valence-electron chi connectivity index (χ2n) is 6.30. The van der Waals surface area contributed by atoms with Crippen molar-refractivity contribution in [3.63, 3.8) is 0 Å². The van der Waals surface area contributed by atoms with Crippen LogP contribution in [0.1, 0.15) is 51.5 Å². The number of nitrogens with zero attached hydrogens (tertiary/aromatic N) is 1. The molecule has 0 aromatic heterocycles. The summed E-state index contributed by atoms with van der Waals surface area (Å²) in [5.41, 5.74) is 0.785. The van der Waals surface area contributed by atoms with Gasteiger partial charge < -0.3 is 4.74 Å². The Morgan fingerprint density at radius 3 is 2.48 bits per heavy atom. The van der Waals surface area contributed by atoms with Crippen molar-refractivity contribution in [3.8, 4) is 11.8 Å². The Kier molecular flexibility index (Phi) is 5.25. The Hall–Kier alpha value is -1.53. The Bertz CT molecular complexity index is 485. The summed E-state index contributed by atoms with van der Waals surface area (Å²) in [7, 11) is 0. The van der Waals surface area contributed by atoms with Crippen molar-refractivity contribution in [2.75, 3.05) is 13.2 Å². The lowest BCUT2D eigenvalue weighted by Gasteiger charge is -2.28. The van der Waals surface area contributed by atoms with Gasteiger partial charge in [0.2, 0.25) is 0 Å². The van der Waals surface area contributed by atoms with Crippen LogP contribution in [0.2, 0.25) is 0 Å². The van der Waals surface area contributed by atoms with E-state index >= 15 is 0 Å². The molecule has 1 aliphatic rings. The summed E-state index contributed by atoms with van der Waals surface area (Å²) in [6, 6.07) is 10.7. The fraction of sp³-hybridized carbons (Fsp3) is 0.611. The highest BCUT2D eigenvalue weighted by molar-refractivity contribution is 5.29. The van der Waals surface area contributed by atoms with Crippen molar-refractivity contribution in [3.05, 3.63) is 29.8 Å². The van der Waals surface area contributed by atoms with Gasteiger partial charge in [-0.05, 0) is 55.3 Å². The van der Waals surface area contributed by atoms with Gasteiger partial charge in [-0.15, -0.1) is 0 Å². The number of ether oxygens (including phenoxy) is 1. The van der Waals surface area contributed by atoms with Gasteiger partial charge in [0.05, 0.1) is 6.07 Å². The SMILES string of the molecule is CCCNC(C#N)(COc1ccc(C(C)C)cc1)C1CC1. The summed E-state index contributed by atoms with van der Waals surface area (Å²) < 4.78 is 5.91. The summed E-state index contributed by atoms with van der Waals surface area (Å²) in [6.45, 7) is 7.76. The van der Waals surface area contributed by atoms with Gasteiger partial charge in [0.1, 0.15) is 17.9 Å². The zero-order chi connectivity index (χ0) is 15.3. The van der Waals surface area contributed by atoms with Gasteiger partial charge in [0.15, 0.2) is 0 Å². The van der Waals surface area contributed by atoms with Crippen LogP contribution < -0.4 is 10.1 Å². The maximum absolute atomic E-state index is 9.62. The lowest BCUT2D eigenvalue weighted by molar-refractivity contribution is 0.202. The van der Waals surface area contributed by atoms with Crippen LogP contribution in [-0.2, 0) is 0 Å². The molecule has 0 aliphatic heterocycles. The van der Waals surface area contributed by atoms with E-state index in [1.165, 1.54) is 5.56 Å². The largest absolute Gasteiger partial charge is 0.491 e. The lowest BCUT2D eigenvalue weighted by atomic mass is 9.96. The molecular weight excluding hydrogens is 260 g/mol. The highest BCUT2D eigenvalue weighted by Crippen LogP contribution is 2.39. The van der Waals surface area contributed by atoms with Crippen LogP contribution in [-0.4, -0.2) is 18.7 Å². The summed E-state index contributed by atoms with van der Waals surface area (Å²) in [4.78, 5) is 0. The molecule has 1 aliphatic carbocycles. The molecule has 0 bridgehead atoms. The van der Waals surface area contributed by atoms with E-state index in [1.54, 1.807) is 0 Å². The number of rotatable bonds is 8. The second kappa shape index (κ2) is 6.95. The number of hydrogen-bond acceptors (Lipinski definition) is 3. The van der Waals surface area contributed by atoms with Gasteiger partial charge in [-0.2, -0.15) is 5.26 Å². The topological polar surface area (TPSA) is 45.0 Å². The molecule has 1 unspecified atom stereocenters. The van der Waals surface area contributed by atoms with Crippen LogP contribution in [0.25, 0.3) is 0 Å².